The van der Waals surface area contributed by atoms with E-state index in [1.54, 1.807) is 13.0 Å². The van der Waals surface area contributed by atoms with Gasteiger partial charge < -0.3 is 4.42 Å². The van der Waals surface area contributed by atoms with E-state index in [4.69, 9.17) is 4.42 Å². The van der Waals surface area contributed by atoms with Crippen molar-refractivity contribution in [1.29, 1.82) is 0 Å². The molecule has 0 spiro atoms. The van der Waals surface area contributed by atoms with Crippen molar-refractivity contribution in [2.24, 2.45) is 0 Å². The third-order valence-corrected chi connectivity index (χ3v) is 4.31. The van der Waals surface area contributed by atoms with Crippen LogP contribution < -0.4 is 4.72 Å². The van der Waals surface area contributed by atoms with Gasteiger partial charge in [0.15, 0.2) is 4.90 Å². The first-order valence-electron chi connectivity index (χ1n) is 5.87. The maximum absolute atomic E-state index is 13.5. The van der Waals surface area contributed by atoms with E-state index >= 15 is 0 Å². The Kier molecular flexibility index (Phi) is 4.20. The van der Waals surface area contributed by atoms with Gasteiger partial charge in [0.05, 0.1) is 12.5 Å². The molecule has 20 heavy (non-hydrogen) atoms. The van der Waals surface area contributed by atoms with Crippen molar-refractivity contribution in [3.05, 3.63) is 54.0 Å². The lowest BCUT2D eigenvalue weighted by Gasteiger charge is -2.14. The second kappa shape index (κ2) is 5.72. The van der Waals surface area contributed by atoms with E-state index < -0.39 is 32.6 Å². The minimum atomic E-state index is -4.25. The molecule has 0 saturated carbocycles. The normalized spacial score (nSPS) is 13.3. The molecule has 0 aliphatic carbocycles. The van der Waals surface area contributed by atoms with Crippen molar-refractivity contribution < 1.29 is 21.6 Å². The predicted molar refractivity (Wildman–Crippen MR) is 68.6 cm³/mol. The Morgan fingerprint density at radius 1 is 1.25 bits per heavy atom. The average molecular weight is 301 g/mol. The monoisotopic (exact) mass is 301 g/mol. The van der Waals surface area contributed by atoms with Crippen molar-refractivity contribution in [3.8, 4) is 0 Å². The topological polar surface area (TPSA) is 59.3 Å². The fourth-order valence-corrected chi connectivity index (χ4v) is 3.25. The highest BCUT2D eigenvalue weighted by molar-refractivity contribution is 7.89. The minimum absolute atomic E-state index is 0.353. The summed E-state index contributed by atoms with van der Waals surface area (Å²) in [4.78, 5) is -0.959. The third-order valence-electron chi connectivity index (χ3n) is 2.67. The fourth-order valence-electron chi connectivity index (χ4n) is 1.87. The number of hydrogen-bond acceptors (Lipinski definition) is 3. The zero-order valence-electron chi connectivity index (χ0n) is 10.6. The zero-order chi connectivity index (χ0) is 14.8. The molecule has 4 nitrogen and oxygen atoms in total. The lowest BCUT2D eigenvalue weighted by Crippen LogP contribution is -2.35. The van der Waals surface area contributed by atoms with Crippen LogP contribution in [0.3, 0.4) is 0 Å². The molecule has 1 N–H and O–H groups in total. The van der Waals surface area contributed by atoms with E-state index in [0.29, 0.717) is 6.42 Å². The number of furan rings is 1. The van der Waals surface area contributed by atoms with Crippen LogP contribution in [0.5, 0.6) is 0 Å². The zero-order valence-corrected chi connectivity index (χ0v) is 11.5. The summed E-state index contributed by atoms with van der Waals surface area (Å²) < 4.78 is 58.1. The number of halogens is 2. The van der Waals surface area contributed by atoms with E-state index in [-0.39, 0.29) is 0 Å². The summed E-state index contributed by atoms with van der Waals surface area (Å²) in [6.07, 6.45) is 3.30. The van der Waals surface area contributed by atoms with E-state index in [1.807, 2.05) is 0 Å². The van der Waals surface area contributed by atoms with Gasteiger partial charge in [-0.25, -0.2) is 21.9 Å². The molecule has 108 valence electrons. The number of nitrogens with one attached hydrogen (secondary N) is 1. The Labute approximate surface area is 115 Å². The molecule has 0 aliphatic heterocycles. The van der Waals surface area contributed by atoms with Gasteiger partial charge in [-0.1, -0.05) is 6.07 Å². The Hall–Kier alpha value is -1.73. The summed E-state index contributed by atoms with van der Waals surface area (Å²) in [5.74, 6) is -2.24. The van der Waals surface area contributed by atoms with Crippen LogP contribution in [-0.4, -0.2) is 14.5 Å². The van der Waals surface area contributed by atoms with Gasteiger partial charge in [-0.15, -0.1) is 0 Å². The highest BCUT2D eigenvalue weighted by atomic mass is 32.2. The van der Waals surface area contributed by atoms with Gasteiger partial charge in [0.25, 0.3) is 0 Å². The van der Waals surface area contributed by atoms with Gasteiger partial charge in [-0.2, -0.15) is 0 Å². The Morgan fingerprint density at radius 2 is 1.90 bits per heavy atom. The number of benzene rings is 1. The molecule has 0 aliphatic rings. The quantitative estimate of drug-likeness (QED) is 0.923. The molecule has 0 bridgehead atoms. The molecule has 0 amide bonds. The SMILES string of the molecule is CC(Cc1ccoc1)NS(=O)(=O)c1c(F)cccc1F. The maximum Gasteiger partial charge on any atom is 0.246 e. The average Bonchev–Trinajstić information content (AvgIpc) is 2.79. The molecule has 7 heteroatoms. The van der Waals surface area contributed by atoms with Crippen molar-refractivity contribution in [1.82, 2.24) is 4.72 Å². The Balaban J connectivity index is 2.19. The largest absolute Gasteiger partial charge is 0.472 e. The summed E-state index contributed by atoms with van der Waals surface area (Å²) >= 11 is 0. The molecular formula is C13H13F2NO3S. The van der Waals surface area contributed by atoms with Crippen molar-refractivity contribution in [3.63, 3.8) is 0 Å². The second-order valence-electron chi connectivity index (χ2n) is 4.41. The van der Waals surface area contributed by atoms with Crippen LogP contribution in [0.4, 0.5) is 8.78 Å². The van der Waals surface area contributed by atoms with Crippen LogP contribution in [-0.2, 0) is 16.4 Å². The molecule has 1 atom stereocenters. The van der Waals surface area contributed by atoms with Crippen molar-refractivity contribution in [2.45, 2.75) is 24.3 Å². The lowest BCUT2D eigenvalue weighted by atomic mass is 10.1. The van der Waals surface area contributed by atoms with Gasteiger partial charge in [-0.05, 0) is 37.1 Å². The van der Waals surface area contributed by atoms with Gasteiger partial charge in [-0.3, -0.25) is 0 Å². The molecule has 1 heterocycles. The molecule has 2 aromatic rings. The molecule has 0 radical (unpaired) electrons. The highest BCUT2D eigenvalue weighted by Gasteiger charge is 2.25. The number of sulfonamides is 1. The highest BCUT2D eigenvalue weighted by Crippen LogP contribution is 2.18. The number of rotatable bonds is 5. The van der Waals surface area contributed by atoms with Gasteiger partial charge in [0.2, 0.25) is 10.0 Å². The molecular weight excluding hydrogens is 288 g/mol. The first-order chi connectivity index (χ1) is 9.40. The number of hydrogen-bond donors (Lipinski definition) is 1. The van der Waals surface area contributed by atoms with E-state index in [0.717, 1.165) is 23.8 Å². The van der Waals surface area contributed by atoms with Crippen LogP contribution in [0.15, 0.2) is 46.1 Å². The molecule has 0 saturated heterocycles. The van der Waals surface area contributed by atoms with E-state index in [9.17, 15) is 17.2 Å². The van der Waals surface area contributed by atoms with Gasteiger partial charge in [0.1, 0.15) is 11.6 Å². The summed E-state index contributed by atoms with van der Waals surface area (Å²) in [7, 11) is -4.25. The van der Waals surface area contributed by atoms with Crippen LogP contribution in [0.1, 0.15) is 12.5 Å². The van der Waals surface area contributed by atoms with Gasteiger partial charge in [0, 0.05) is 6.04 Å². The van der Waals surface area contributed by atoms with Crippen LogP contribution in [0.25, 0.3) is 0 Å². The standard InChI is InChI=1S/C13H13F2NO3S/c1-9(7-10-5-6-19-8-10)16-20(17,18)13-11(14)3-2-4-12(13)15/h2-6,8-9,16H,7H2,1H3. The second-order valence-corrected chi connectivity index (χ2v) is 6.06. The van der Waals surface area contributed by atoms with Crippen LogP contribution in [0, 0.1) is 11.6 Å². The molecule has 0 fully saturated rings. The molecule has 1 unspecified atom stereocenters. The molecule has 2 rings (SSSR count). The van der Waals surface area contributed by atoms with Crippen molar-refractivity contribution >= 4 is 10.0 Å². The van der Waals surface area contributed by atoms with E-state index in [2.05, 4.69) is 4.72 Å². The molecule has 1 aromatic carbocycles. The van der Waals surface area contributed by atoms with Crippen molar-refractivity contribution in [2.75, 3.05) is 0 Å². The Morgan fingerprint density at radius 3 is 2.45 bits per heavy atom. The lowest BCUT2D eigenvalue weighted by molar-refractivity contribution is 0.506. The van der Waals surface area contributed by atoms with Crippen LogP contribution in [0.2, 0.25) is 0 Å². The smallest absolute Gasteiger partial charge is 0.246 e. The third kappa shape index (κ3) is 3.23. The Bertz CT molecular complexity index is 663. The fraction of sp³-hybridized carbons (Fsp3) is 0.231. The molecule has 1 aromatic heterocycles. The minimum Gasteiger partial charge on any atom is -0.472 e. The summed E-state index contributed by atoms with van der Waals surface area (Å²) in [5, 5.41) is 0. The summed E-state index contributed by atoms with van der Waals surface area (Å²) in [6.45, 7) is 1.60. The first kappa shape index (κ1) is 14.7. The van der Waals surface area contributed by atoms with E-state index in [1.165, 1.54) is 12.5 Å². The van der Waals surface area contributed by atoms with Crippen LogP contribution >= 0.6 is 0 Å². The predicted octanol–water partition coefficient (Wildman–Crippen LogP) is 2.47. The summed E-state index contributed by atoms with van der Waals surface area (Å²) in [6, 6.07) is 4.07. The first-order valence-corrected chi connectivity index (χ1v) is 7.36. The maximum atomic E-state index is 13.5. The summed E-state index contributed by atoms with van der Waals surface area (Å²) in [5.41, 5.74) is 0.786. The van der Waals surface area contributed by atoms with Gasteiger partial charge >= 0.3 is 0 Å².